The summed E-state index contributed by atoms with van der Waals surface area (Å²) >= 11 is 0. The van der Waals surface area contributed by atoms with Gasteiger partial charge < -0.3 is 10.1 Å². The number of anilines is 1. The molecule has 23 heavy (non-hydrogen) atoms. The highest BCUT2D eigenvalue weighted by Crippen LogP contribution is 2.20. The van der Waals surface area contributed by atoms with Crippen molar-refractivity contribution < 1.29 is 4.74 Å². The Hall–Kier alpha value is -1.98. The van der Waals surface area contributed by atoms with Gasteiger partial charge in [-0.2, -0.15) is 0 Å². The van der Waals surface area contributed by atoms with E-state index in [1.165, 1.54) is 18.4 Å². The molecule has 1 aliphatic heterocycles. The van der Waals surface area contributed by atoms with Crippen molar-refractivity contribution in [2.24, 2.45) is 0 Å². The predicted octanol–water partition coefficient (Wildman–Crippen LogP) is 2.70. The molecule has 0 bridgehead atoms. The van der Waals surface area contributed by atoms with E-state index in [1.54, 1.807) is 7.11 Å². The van der Waals surface area contributed by atoms with E-state index in [1.807, 2.05) is 30.6 Å². The van der Waals surface area contributed by atoms with E-state index >= 15 is 0 Å². The summed E-state index contributed by atoms with van der Waals surface area (Å²) < 4.78 is 5.30. The van der Waals surface area contributed by atoms with Crippen LogP contribution in [0.4, 0.5) is 5.95 Å². The molecule has 5 nitrogen and oxygen atoms in total. The van der Waals surface area contributed by atoms with Crippen LogP contribution in [0.25, 0.3) is 0 Å². The molecule has 1 atom stereocenters. The Bertz CT molecular complexity index is 588. The van der Waals surface area contributed by atoms with Gasteiger partial charge in [-0.3, -0.25) is 4.90 Å². The fourth-order valence-corrected chi connectivity index (χ4v) is 3.02. The Morgan fingerprint density at radius 2 is 1.96 bits per heavy atom. The van der Waals surface area contributed by atoms with Gasteiger partial charge >= 0.3 is 0 Å². The summed E-state index contributed by atoms with van der Waals surface area (Å²) in [5, 5.41) is 3.26. The van der Waals surface area contributed by atoms with Gasteiger partial charge in [0.2, 0.25) is 5.95 Å². The van der Waals surface area contributed by atoms with Gasteiger partial charge in [0.05, 0.1) is 6.61 Å². The van der Waals surface area contributed by atoms with Crippen LogP contribution in [0, 0.1) is 0 Å². The first kappa shape index (κ1) is 15.9. The SMILES string of the molecule is COC[C@@H]1CCCN1Cc1cnc(NCc2ccccc2)nc1. The Balaban J connectivity index is 1.52. The van der Waals surface area contributed by atoms with Crippen LogP contribution in [0.1, 0.15) is 24.0 Å². The van der Waals surface area contributed by atoms with Crippen molar-refractivity contribution in [1.82, 2.24) is 14.9 Å². The average molecular weight is 312 g/mol. The lowest BCUT2D eigenvalue weighted by Crippen LogP contribution is -2.32. The van der Waals surface area contributed by atoms with Crippen LogP contribution < -0.4 is 5.32 Å². The quantitative estimate of drug-likeness (QED) is 0.852. The number of nitrogens with one attached hydrogen (secondary N) is 1. The first-order valence-corrected chi connectivity index (χ1v) is 8.17. The highest BCUT2D eigenvalue weighted by atomic mass is 16.5. The third-order valence-corrected chi connectivity index (χ3v) is 4.24. The van der Waals surface area contributed by atoms with Crippen molar-refractivity contribution in [2.45, 2.75) is 32.0 Å². The number of nitrogens with zero attached hydrogens (tertiary/aromatic N) is 3. The van der Waals surface area contributed by atoms with E-state index < -0.39 is 0 Å². The minimum atomic E-state index is 0.524. The summed E-state index contributed by atoms with van der Waals surface area (Å²) in [5.41, 5.74) is 2.37. The number of aromatic nitrogens is 2. The molecule has 2 aromatic rings. The van der Waals surface area contributed by atoms with Crippen molar-refractivity contribution in [2.75, 3.05) is 25.6 Å². The summed E-state index contributed by atoms with van der Waals surface area (Å²) in [6.45, 7) is 3.56. The minimum absolute atomic E-state index is 0.524. The molecule has 1 aromatic carbocycles. The standard InChI is InChI=1S/C18H24N4O/c1-23-14-17-8-5-9-22(17)13-16-11-20-18(21-12-16)19-10-15-6-3-2-4-7-15/h2-4,6-7,11-12,17H,5,8-10,13-14H2,1H3,(H,19,20,21)/t17-/m0/s1. The summed E-state index contributed by atoms with van der Waals surface area (Å²) in [6.07, 6.45) is 6.29. The Labute approximate surface area is 137 Å². The molecule has 0 saturated carbocycles. The van der Waals surface area contributed by atoms with Crippen molar-refractivity contribution in [3.63, 3.8) is 0 Å². The van der Waals surface area contributed by atoms with Gasteiger partial charge in [0.15, 0.2) is 0 Å². The minimum Gasteiger partial charge on any atom is -0.383 e. The number of rotatable bonds is 7. The summed E-state index contributed by atoms with van der Waals surface area (Å²) in [5.74, 6) is 0.674. The van der Waals surface area contributed by atoms with E-state index in [4.69, 9.17) is 4.74 Å². The maximum absolute atomic E-state index is 5.30. The monoisotopic (exact) mass is 312 g/mol. The zero-order valence-corrected chi connectivity index (χ0v) is 13.6. The van der Waals surface area contributed by atoms with E-state index in [0.717, 1.165) is 31.8 Å². The van der Waals surface area contributed by atoms with Crippen LogP contribution in [0.5, 0.6) is 0 Å². The van der Waals surface area contributed by atoms with Crippen molar-refractivity contribution in [3.05, 3.63) is 53.9 Å². The van der Waals surface area contributed by atoms with Crippen LogP contribution in [0.3, 0.4) is 0 Å². The number of likely N-dealkylation sites (tertiary alicyclic amines) is 1. The number of methoxy groups -OCH3 is 1. The second-order valence-electron chi connectivity index (χ2n) is 5.98. The fraction of sp³-hybridized carbons (Fsp3) is 0.444. The van der Waals surface area contributed by atoms with Gasteiger partial charge in [-0.15, -0.1) is 0 Å². The molecule has 0 spiro atoms. The van der Waals surface area contributed by atoms with Crippen LogP contribution in [-0.4, -0.2) is 41.2 Å². The van der Waals surface area contributed by atoms with Gasteiger partial charge in [-0.05, 0) is 24.9 Å². The van der Waals surface area contributed by atoms with Gasteiger partial charge in [-0.25, -0.2) is 9.97 Å². The van der Waals surface area contributed by atoms with E-state index in [0.29, 0.717) is 12.0 Å². The number of ether oxygens (including phenoxy) is 1. The van der Waals surface area contributed by atoms with Crippen LogP contribution in [-0.2, 0) is 17.8 Å². The third kappa shape index (κ3) is 4.50. The first-order chi connectivity index (χ1) is 11.3. The molecule has 122 valence electrons. The molecule has 1 aromatic heterocycles. The lowest BCUT2D eigenvalue weighted by Gasteiger charge is -2.23. The Morgan fingerprint density at radius 1 is 1.17 bits per heavy atom. The van der Waals surface area contributed by atoms with Gasteiger partial charge in [-0.1, -0.05) is 30.3 Å². The summed E-state index contributed by atoms with van der Waals surface area (Å²) in [4.78, 5) is 11.3. The molecule has 0 radical (unpaired) electrons. The third-order valence-electron chi connectivity index (χ3n) is 4.24. The number of hydrogen-bond donors (Lipinski definition) is 1. The highest BCUT2D eigenvalue weighted by Gasteiger charge is 2.24. The lowest BCUT2D eigenvalue weighted by molar-refractivity contribution is 0.112. The van der Waals surface area contributed by atoms with Gasteiger partial charge in [0.1, 0.15) is 0 Å². The molecule has 0 amide bonds. The van der Waals surface area contributed by atoms with Crippen LogP contribution in [0.15, 0.2) is 42.7 Å². The molecule has 0 aliphatic carbocycles. The first-order valence-electron chi connectivity index (χ1n) is 8.17. The molecule has 1 saturated heterocycles. The number of benzene rings is 1. The topological polar surface area (TPSA) is 50.3 Å². The number of hydrogen-bond acceptors (Lipinski definition) is 5. The van der Waals surface area contributed by atoms with Gasteiger partial charge in [0, 0.05) is 44.2 Å². The molecule has 2 heterocycles. The summed E-state index contributed by atoms with van der Waals surface area (Å²) in [7, 11) is 1.77. The normalized spacial score (nSPS) is 18.2. The zero-order valence-electron chi connectivity index (χ0n) is 13.6. The van der Waals surface area contributed by atoms with E-state index in [9.17, 15) is 0 Å². The predicted molar refractivity (Wildman–Crippen MR) is 91.1 cm³/mol. The smallest absolute Gasteiger partial charge is 0.222 e. The molecule has 1 N–H and O–H groups in total. The molecule has 1 aliphatic rings. The van der Waals surface area contributed by atoms with Crippen LogP contribution >= 0.6 is 0 Å². The second kappa shape index (κ2) is 8.04. The molecular formula is C18H24N4O. The van der Waals surface area contributed by atoms with E-state index in [-0.39, 0.29) is 0 Å². The molecule has 0 unspecified atom stereocenters. The highest BCUT2D eigenvalue weighted by molar-refractivity contribution is 5.27. The fourth-order valence-electron chi connectivity index (χ4n) is 3.02. The molecular weight excluding hydrogens is 288 g/mol. The summed E-state index contributed by atoms with van der Waals surface area (Å²) in [6, 6.07) is 10.8. The largest absolute Gasteiger partial charge is 0.383 e. The lowest BCUT2D eigenvalue weighted by atomic mass is 10.2. The van der Waals surface area contributed by atoms with Crippen molar-refractivity contribution in [3.8, 4) is 0 Å². The molecule has 5 heteroatoms. The van der Waals surface area contributed by atoms with Crippen LogP contribution in [0.2, 0.25) is 0 Å². The van der Waals surface area contributed by atoms with Gasteiger partial charge in [0.25, 0.3) is 0 Å². The Morgan fingerprint density at radius 3 is 2.70 bits per heavy atom. The average Bonchev–Trinajstić information content (AvgIpc) is 3.03. The van der Waals surface area contributed by atoms with Crippen molar-refractivity contribution >= 4 is 5.95 Å². The maximum Gasteiger partial charge on any atom is 0.222 e. The Kier molecular flexibility index (Phi) is 5.56. The molecule has 3 rings (SSSR count). The van der Waals surface area contributed by atoms with Crippen molar-refractivity contribution in [1.29, 1.82) is 0 Å². The van der Waals surface area contributed by atoms with E-state index in [2.05, 4.69) is 32.3 Å². The maximum atomic E-state index is 5.30. The zero-order chi connectivity index (χ0) is 15.9. The molecule has 1 fully saturated rings. The second-order valence-corrected chi connectivity index (χ2v) is 5.98.